The fourth-order valence-corrected chi connectivity index (χ4v) is 1.85. The predicted molar refractivity (Wildman–Crippen MR) is 64.3 cm³/mol. The van der Waals surface area contributed by atoms with E-state index in [0.717, 1.165) is 11.3 Å². The minimum atomic E-state index is -0.674. The van der Waals surface area contributed by atoms with Crippen LogP contribution in [0.25, 0.3) is 0 Å². The molecule has 0 saturated carbocycles. The predicted octanol–water partition coefficient (Wildman–Crippen LogP) is 1.25. The second-order valence-corrected chi connectivity index (χ2v) is 3.83. The number of benzene rings is 1. The topological polar surface area (TPSA) is 67.9 Å². The fraction of sp³-hybridized carbons (Fsp3) is 0.333. The van der Waals surface area contributed by atoms with Crippen molar-refractivity contribution < 1.29 is 19.1 Å². The van der Waals surface area contributed by atoms with Gasteiger partial charge in [-0.25, -0.2) is 15.2 Å². The van der Waals surface area contributed by atoms with Crippen LogP contribution in [0.5, 0.6) is 5.75 Å². The van der Waals surface area contributed by atoms with E-state index in [1.54, 1.807) is 19.2 Å². The van der Waals surface area contributed by atoms with Gasteiger partial charge in [0.05, 0.1) is 19.9 Å². The van der Waals surface area contributed by atoms with Crippen LogP contribution in [0.3, 0.4) is 0 Å². The van der Waals surface area contributed by atoms with Gasteiger partial charge in [0.2, 0.25) is 5.91 Å². The summed E-state index contributed by atoms with van der Waals surface area (Å²) >= 11 is 0. The lowest BCUT2D eigenvalue weighted by atomic mass is 10.0. The molecule has 2 amide bonds. The van der Waals surface area contributed by atoms with Crippen molar-refractivity contribution in [2.45, 2.75) is 12.8 Å². The Morgan fingerprint density at radius 3 is 2.78 bits per heavy atom. The second kappa shape index (κ2) is 4.95. The number of hydrogen-bond acceptors (Lipinski definition) is 4. The number of amides is 2. The Bertz CT molecular complexity index is 487. The van der Waals surface area contributed by atoms with Crippen molar-refractivity contribution in [3.05, 3.63) is 23.8 Å². The van der Waals surface area contributed by atoms with Gasteiger partial charge in [0.1, 0.15) is 5.75 Å². The molecule has 0 atom stereocenters. The molecule has 6 heteroatoms. The monoisotopic (exact) mass is 250 g/mol. The van der Waals surface area contributed by atoms with E-state index in [0.29, 0.717) is 18.5 Å². The van der Waals surface area contributed by atoms with E-state index in [1.807, 2.05) is 6.07 Å². The third kappa shape index (κ3) is 2.22. The number of anilines is 1. The molecule has 1 aromatic rings. The van der Waals surface area contributed by atoms with Crippen LogP contribution in [0, 0.1) is 0 Å². The summed E-state index contributed by atoms with van der Waals surface area (Å²) in [5.41, 5.74) is 3.99. The summed E-state index contributed by atoms with van der Waals surface area (Å²) in [7, 11) is 2.83. The molecule has 1 aliphatic heterocycles. The van der Waals surface area contributed by atoms with E-state index in [9.17, 15) is 9.59 Å². The van der Waals surface area contributed by atoms with Crippen LogP contribution >= 0.6 is 0 Å². The van der Waals surface area contributed by atoms with Crippen molar-refractivity contribution in [2.75, 3.05) is 19.2 Å². The summed E-state index contributed by atoms with van der Waals surface area (Å²) in [6, 6.07) is 5.33. The van der Waals surface area contributed by atoms with Crippen LogP contribution in [0.4, 0.5) is 10.5 Å². The number of hydrazine groups is 1. The van der Waals surface area contributed by atoms with Gasteiger partial charge in [0.15, 0.2) is 0 Å². The van der Waals surface area contributed by atoms with E-state index in [1.165, 1.54) is 12.1 Å². The highest BCUT2D eigenvalue weighted by molar-refractivity contribution is 5.98. The number of nitrogens with one attached hydrogen (secondary N) is 1. The van der Waals surface area contributed by atoms with E-state index >= 15 is 0 Å². The van der Waals surface area contributed by atoms with Crippen LogP contribution in [0.15, 0.2) is 18.2 Å². The number of methoxy groups -OCH3 is 2. The lowest BCUT2D eigenvalue weighted by Crippen LogP contribution is -2.48. The highest BCUT2D eigenvalue weighted by atomic mass is 16.5. The zero-order valence-electron chi connectivity index (χ0n) is 10.2. The smallest absolute Gasteiger partial charge is 0.426 e. The van der Waals surface area contributed by atoms with Gasteiger partial charge in [0.25, 0.3) is 0 Å². The molecule has 1 aromatic carbocycles. The van der Waals surface area contributed by atoms with Gasteiger partial charge in [-0.3, -0.25) is 4.79 Å². The largest absolute Gasteiger partial charge is 0.497 e. The lowest BCUT2D eigenvalue weighted by molar-refractivity contribution is -0.119. The number of carbonyl (C=O) groups is 2. The number of rotatable bonds is 2. The zero-order valence-corrected chi connectivity index (χ0v) is 10.2. The SMILES string of the molecule is COC(=O)NN1C(=O)CCc2cc(OC)ccc21. The Kier molecular flexibility index (Phi) is 3.36. The number of fused-ring (bicyclic) bond motifs is 1. The summed E-state index contributed by atoms with van der Waals surface area (Å²) in [5.74, 6) is 0.555. The Morgan fingerprint density at radius 2 is 2.11 bits per heavy atom. The summed E-state index contributed by atoms with van der Waals surface area (Å²) in [4.78, 5) is 23.0. The van der Waals surface area contributed by atoms with Gasteiger partial charge in [-0.2, -0.15) is 0 Å². The number of carbonyl (C=O) groups excluding carboxylic acids is 2. The molecule has 1 heterocycles. The molecule has 0 saturated heterocycles. The van der Waals surface area contributed by atoms with E-state index in [-0.39, 0.29) is 5.91 Å². The lowest BCUT2D eigenvalue weighted by Gasteiger charge is -2.28. The normalized spacial score (nSPS) is 13.9. The molecule has 1 aliphatic rings. The first-order chi connectivity index (χ1) is 8.65. The number of aryl methyl sites for hydroxylation is 1. The maximum atomic E-state index is 11.8. The van der Waals surface area contributed by atoms with Crippen LogP contribution in [0.2, 0.25) is 0 Å². The van der Waals surface area contributed by atoms with Crippen molar-refractivity contribution in [1.29, 1.82) is 0 Å². The molecule has 2 rings (SSSR count). The summed E-state index contributed by atoms with van der Waals surface area (Å²) in [6.45, 7) is 0. The van der Waals surface area contributed by atoms with Gasteiger partial charge >= 0.3 is 6.09 Å². The molecule has 1 N–H and O–H groups in total. The molecule has 0 fully saturated rings. The molecule has 6 nitrogen and oxygen atoms in total. The Balaban J connectivity index is 2.32. The third-order valence-electron chi connectivity index (χ3n) is 2.77. The molecular formula is C12H14N2O4. The van der Waals surface area contributed by atoms with Gasteiger partial charge in [-0.05, 0) is 30.2 Å². The van der Waals surface area contributed by atoms with Gasteiger partial charge in [0, 0.05) is 6.42 Å². The van der Waals surface area contributed by atoms with Crippen LogP contribution in [-0.2, 0) is 16.0 Å². The second-order valence-electron chi connectivity index (χ2n) is 3.83. The summed E-state index contributed by atoms with van der Waals surface area (Å²) in [5, 5.41) is 1.21. The Hall–Kier alpha value is -2.24. The molecule has 0 spiro atoms. The van der Waals surface area contributed by atoms with Crippen molar-refractivity contribution in [3.8, 4) is 5.75 Å². The van der Waals surface area contributed by atoms with Crippen molar-refractivity contribution in [1.82, 2.24) is 5.43 Å². The molecule has 18 heavy (non-hydrogen) atoms. The van der Waals surface area contributed by atoms with Crippen molar-refractivity contribution in [2.24, 2.45) is 0 Å². The standard InChI is InChI=1S/C12H14N2O4/c1-17-9-4-5-10-8(7-9)3-6-11(15)14(10)13-12(16)18-2/h4-5,7H,3,6H2,1-2H3,(H,13,16). The molecular weight excluding hydrogens is 236 g/mol. The first kappa shape index (κ1) is 12.2. The molecule has 0 radical (unpaired) electrons. The highest BCUT2D eigenvalue weighted by Crippen LogP contribution is 2.29. The summed E-state index contributed by atoms with van der Waals surface area (Å²) < 4.78 is 9.62. The maximum Gasteiger partial charge on any atom is 0.426 e. The van der Waals surface area contributed by atoms with Gasteiger partial charge in [-0.15, -0.1) is 0 Å². The minimum absolute atomic E-state index is 0.168. The Labute approximate surface area is 104 Å². The van der Waals surface area contributed by atoms with Crippen LogP contribution in [-0.4, -0.2) is 26.2 Å². The van der Waals surface area contributed by atoms with E-state index in [2.05, 4.69) is 10.2 Å². The minimum Gasteiger partial charge on any atom is -0.497 e. The van der Waals surface area contributed by atoms with Crippen molar-refractivity contribution >= 4 is 17.7 Å². The molecule has 0 unspecified atom stereocenters. The number of ether oxygens (including phenoxy) is 2. The maximum absolute atomic E-state index is 11.8. The zero-order chi connectivity index (χ0) is 13.1. The fourth-order valence-electron chi connectivity index (χ4n) is 1.85. The van der Waals surface area contributed by atoms with Crippen LogP contribution < -0.4 is 15.2 Å². The average molecular weight is 250 g/mol. The van der Waals surface area contributed by atoms with E-state index in [4.69, 9.17) is 4.74 Å². The first-order valence-electron chi connectivity index (χ1n) is 5.50. The number of nitrogens with zero attached hydrogens (tertiary/aromatic N) is 1. The molecule has 0 bridgehead atoms. The number of hydrogen-bond donors (Lipinski definition) is 1. The van der Waals surface area contributed by atoms with Gasteiger partial charge in [-0.1, -0.05) is 0 Å². The molecule has 0 aromatic heterocycles. The molecule has 0 aliphatic carbocycles. The third-order valence-corrected chi connectivity index (χ3v) is 2.77. The Morgan fingerprint density at radius 1 is 1.33 bits per heavy atom. The molecule has 96 valence electrons. The highest BCUT2D eigenvalue weighted by Gasteiger charge is 2.26. The van der Waals surface area contributed by atoms with Crippen molar-refractivity contribution in [3.63, 3.8) is 0 Å². The van der Waals surface area contributed by atoms with E-state index < -0.39 is 6.09 Å². The van der Waals surface area contributed by atoms with Crippen LogP contribution in [0.1, 0.15) is 12.0 Å². The average Bonchev–Trinajstić information content (AvgIpc) is 2.41. The first-order valence-corrected chi connectivity index (χ1v) is 5.50. The quantitative estimate of drug-likeness (QED) is 0.857. The van der Waals surface area contributed by atoms with Gasteiger partial charge < -0.3 is 9.47 Å². The summed E-state index contributed by atoms with van der Waals surface area (Å²) in [6.07, 6.45) is 0.293.